The summed E-state index contributed by atoms with van der Waals surface area (Å²) < 4.78 is 99.9. The van der Waals surface area contributed by atoms with Crippen LogP contribution in [0.15, 0.2) is 28.0 Å². The number of phenolic OH excluding ortho intramolecular Hbond substituents is 1. The maximum atomic E-state index is 11.6. The molecule has 162 valence electrons. The minimum Gasteiger partial charge on any atom is -0.507 e. The van der Waals surface area contributed by atoms with Crippen LogP contribution in [0.3, 0.4) is 0 Å². The lowest BCUT2D eigenvalue weighted by atomic mass is 10.1. The highest BCUT2D eigenvalue weighted by molar-refractivity contribution is 7.86. The van der Waals surface area contributed by atoms with Gasteiger partial charge in [-0.1, -0.05) is 0 Å². The van der Waals surface area contributed by atoms with Gasteiger partial charge in [-0.2, -0.15) is 25.3 Å². The van der Waals surface area contributed by atoms with E-state index in [1.54, 1.807) is 0 Å². The predicted octanol–water partition coefficient (Wildman–Crippen LogP) is 0.668. The van der Waals surface area contributed by atoms with Crippen LogP contribution in [0.2, 0.25) is 0 Å². The molecule has 15 heteroatoms. The molecule has 0 radical (unpaired) electrons. The van der Waals surface area contributed by atoms with Gasteiger partial charge in [-0.3, -0.25) is 13.7 Å². The molecule has 0 spiro atoms. The van der Waals surface area contributed by atoms with Gasteiger partial charge in [0.05, 0.1) is 28.3 Å². The average molecular weight is 471 g/mol. The lowest BCUT2D eigenvalue weighted by Crippen LogP contribution is -2.09. The number of rotatable bonds is 8. The average Bonchev–Trinajstić information content (AvgIpc) is 2.52. The number of fused-ring (bicyclic) bond motifs is 1. The molecule has 0 aliphatic rings. The summed E-state index contributed by atoms with van der Waals surface area (Å²) in [6.07, 6.45) is 0.0776. The summed E-state index contributed by atoms with van der Waals surface area (Å²) in [5.74, 6) is -1.65. The Morgan fingerprint density at radius 2 is 1.52 bits per heavy atom. The summed E-state index contributed by atoms with van der Waals surface area (Å²) in [7, 11) is -13.8. The van der Waals surface area contributed by atoms with Crippen molar-refractivity contribution >= 4 is 46.8 Å². The second kappa shape index (κ2) is 7.92. The Balaban J connectivity index is 2.58. The van der Waals surface area contributed by atoms with Gasteiger partial charge in [0.1, 0.15) is 10.6 Å². The summed E-state index contributed by atoms with van der Waals surface area (Å²) in [6.45, 7) is -0.219. The molecule has 0 aromatic heterocycles. The molecule has 2 rings (SSSR count). The van der Waals surface area contributed by atoms with Gasteiger partial charge in [0.15, 0.2) is 5.75 Å². The summed E-state index contributed by atoms with van der Waals surface area (Å²) in [5, 5.41) is 9.76. The van der Waals surface area contributed by atoms with Crippen LogP contribution in [0, 0.1) is 0 Å². The van der Waals surface area contributed by atoms with Gasteiger partial charge in [-0.05, 0) is 30.4 Å². The highest BCUT2D eigenvalue weighted by Crippen LogP contribution is 2.43. The Bertz CT molecular complexity index is 1270. The molecule has 0 aliphatic carbocycles. The Kier molecular flexibility index (Phi) is 6.32. The largest absolute Gasteiger partial charge is 0.507 e. The molecule has 0 bridgehead atoms. The van der Waals surface area contributed by atoms with Crippen LogP contribution in [0.5, 0.6) is 11.5 Å². The van der Waals surface area contributed by atoms with Crippen molar-refractivity contribution in [1.82, 2.24) is 0 Å². The van der Waals surface area contributed by atoms with Gasteiger partial charge in [0.2, 0.25) is 0 Å². The van der Waals surface area contributed by atoms with E-state index in [0.29, 0.717) is 6.07 Å². The van der Waals surface area contributed by atoms with E-state index in [4.69, 9.17) is 19.6 Å². The van der Waals surface area contributed by atoms with Gasteiger partial charge < -0.3 is 15.6 Å². The van der Waals surface area contributed by atoms with Crippen LogP contribution >= 0.6 is 0 Å². The van der Waals surface area contributed by atoms with Crippen molar-refractivity contribution < 1.29 is 48.8 Å². The molecule has 6 N–H and O–H groups in total. The number of ether oxygens (including phenoxy) is 1. The fourth-order valence-electron chi connectivity index (χ4n) is 2.52. The summed E-state index contributed by atoms with van der Waals surface area (Å²) in [6, 6.07) is 2.32. The number of nitrogen functional groups attached to an aromatic ring is 1. The first kappa shape index (κ1) is 23.1. The lowest BCUT2D eigenvalue weighted by molar-refractivity contribution is 0.312. The third-order valence-electron chi connectivity index (χ3n) is 3.76. The molecule has 0 fully saturated rings. The first-order chi connectivity index (χ1) is 13.1. The van der Waals surface area contributed by atoms with Gasteiger partial charge in [0.25, 0.3) is 30.4 Å². The van der Waals surface area contributed by atoms with Crippen molar-refractivity contribution in [3.05, 3.63) is 18.2 Å². The molecule has 29 heavy (non-hydrogen) atoms. The normalized spacial score (nSPS) is 12.9. The number of unbranched alkanes of at least 4 members (excludes halogenated alkanes) is 1. The van der Waals surface area contributed by atoms with Crippen LogP contribution in [0.25, 0.3) is 10.8 Å². The number of nitrogens with two attached hydrogens (primary N) is 1. The quantitative estimate of drug-likeness (QED) is 0.204. The topological polar surface area (TPSA) is 219 Å². The number of aromatic hydroxyl groups is 1. The fraction of sp³-hybridized carbons (Fsp3) is 0.286. The summed E-state index contributed by atoms with van der Waals surface area (Å²) >= 11 is 0. The van der Waals surface area contributed by atoms with Gasteiger partial charge in [0, 0.05) is 6.07 Å². The Morgan fingerprint density at radius 3 is 2.03 bits per heavy atom. The van der Waals surface area contributed by atoms with Crippen LogP contribution in [-0.4, -0.2) is 56.4 Å². The molecule has 0 saturated carbocycles. The molecule has 2 aromatic carbocycles. The molecular weight excluding hydrogens is 454 g/mol. The van der Waals surface area contributed by atoms with Gasteiger partial charge in [-0.15, -0.1) is 0 Å². The number of phenols is 1. The van der Waals surface area contributed by atoms with Crippen molar-refractivity contribution in [1.29, 1.82) is 0 Å². The Labute approximate surface area is 166 Å². The highest BCUT2D eigenvalue weighted by Gasteiger charge is 2.24. The molecule has 12 nitrogen and oxygen atoms in total. The van der Waals surface area contributed by atoms with Crippen molar-refractivity contribution in [3.63, 3.8) is 0 Å². The SMILES string of the molecule is Nc1c(S(=O)(=O)O)cc2cc(S(=O)(=O)O)cc(O)c2c1OCCCCS(=O)(=O)O. The van der Waals surface area contributed by atoms with Crippen LogP contribution in [0.4, 0.5) is 5.69 Å². The fourth-order valence-corrected chi connectivity index (χ4v) is 4.27. The molecule has 0 heterocycles. The first-order valence-electron chi connectivity index (χ1n) is 7.73. The van der Waals surface area contributed by atoms with Crippen molar-refractivity contribution in [2.75, 3.05) is 18.1 Å². The van der Waals surface area contributed by atoms with E-state index in [-0.39, 0.29) is 30.2 Å². The first-order valence-corrected chi connectivity index (χ1v) is 12.2. The smallest absolute Gasteiger partial charge is 0.296 e. The van der Waals surface area contributed by atoms with E-state index in [2.05, 4.69) is 0 Å². The van der Waals surface area contributed by atoms with E-state index in [1.807, 2.05) is 0 Å². The number of benzene rings is 2. The standard InChI is InChI=1S/C14H17NO11S3/c15-13-11(29(23,24)25)6-8-5-9(28(20,21)22)7-10(16)12(8)14(13)26-3-1-2-4-27(17,18)19/h5-7,16H,1-4,15H2,(H,17,18,19)(H,20,21,22)(H,23,24,25). The molecule has 0 atom stereocenters. The van der Waals surface area contributed by atoms with Crippen molar-refractivity contribution in [3.8, 4) is 11.5 Å². The van der Waals surface area contributed by atoms with E-state index in [0.717, 1.165) is 12.1 Å². The van der Waals surface area contributed by atoms with Crippen molar-refractivity contribution in [2.45, 2.75) is 22.6 Å². The van der Waals surface area contributed by atoms with Gasteiger partial charge >= 0.3 is 0 Å². The maximum absolute atomic E-state index is 11.6. The second-order valence-corrected chi connectivity index (χ2v) is 10.3. The summed E-state index contributed by atoms with van der Waals surface area (Å²) in [5.41, 5.74) is 5.15. The van der Waals surface area contributed by atoms with E-state index < -0.39 is 63.1 Å². The zero-order chi connectivity index (χ0) is 22.2. The van der Waals surface area contributed by atoms with Crippen LogP contribution in [-0.2, 0) is 30.4 Å². The lowest BCUT2D eigenvalue weighted by Gasteiger charge is -2.16. The third-order valence-corrected chi connectivity index (χ3v) is 6.29. The van der Waals surface area contributed by atoms with Crippen LogP contribution < -0.4 is 10.5 Å². The minimum atomic E-state index is -4.87. The van der Waals surface area contributed by atoms with E-state index in [9.17, 15) is 34.9 Å². The van der Waals surface area contributed by atoms with Crippen LogP contribution in [0.1, 0.15) is 12.8 Å². The minimum absolute atomic E-state index is 0.00640. The number of hydrogen-bond donors (Lipinski definition) is 5. The monoisotopic (exact) mass is 471 g/mol. The molecule has 0 saturated heterocycles. The molecule has 0 amide bonds. The summed E-state index contributed by atoms with van der Waals surface area (Å²) in [4.78, 5) is -1.57. The molecular formula is C14H17NO11S3. The van der Waals surface area contributed by atoms with Crippen molar-refractivity contribution in [2.24, 2.45) is 0 Å². The Morgan fingerprint density at radius 1 is 0.897 bits per heavy atom. The predicted molar refractivity (Wildman–Crippen MR) is 101 cm³/mol. The zero-order valence-electron chi connectivity index (χ0n) is 14.5. The van der Waals surface area contributed by atoms with E-state index >= 15 is 0 Å². The number of anilines is 1. The number of hydrogen-bond acceptors (Lipinski definition) is 9. The molecule has 0 unspecified atom stereocenters. The second-order valence-electron chi connectivity index (χ2n) is 5.95. The Hall–Kier alpha value is -2.17. The molecule has 0 aliphatic heterocycles. The maximum Gasteiger partial charge on any atom is 0.296 e. The molecule has 2 aromatic rings. The van der Waals surface area contributed by atoms with Gasteiger partial charge in [-0.25, -0.2) is 0 Å². The zero-order valence-corrected chi connectivity index (χ0v) is 17.0. The third kappa shape index (κ3) is 5.68. The van der Waals surface area contributed by atoms with E-state index in [1.165, 1.54) is 0 Å². The highest BCUT2D eigenvalue weighted by atomic mass is 32.2.